The van der Waals surface area contributed by atoms with Crippen LogP contribution in [-0.2, 0) is 4.79 Å². The zero-order valence-electron chi connectivity index (χ0n) is 10.9. The van der Waals surface area contributed by atoms with Gasteiger partial charge in [0.15, 0.2) is 5.78 Å². The molecule has 0 unspecified atom stereocenters. The highest BCUT2D eigenvalue weighted by Crippen LogP contribution is 2.29. The smallest absolute Gasteiger partial charge is 0.304 e. The zero-order chi connectivity index (χ0) is 15.5. The molecule has 1 N–H and O–H groups in total. The summed E-state index contributed by atoms with van der Waals surface area (Å²) in [4.78, 5) is 33.1. The van der Waals surface area contributed by atoms with Gasteiger partial charge in [-0.15, -0.1) is 0 Å². The van der Waals surface area contributed by atoms with E-state index < -0.39 is 28.5 Å². The van der Waals surface area contributed by atoms with Gasteiger partial charge < -0.3 is 5.11 Å². The second kappa shape index (κ2) is 5.48. The molecule has 0 bridgehead atoms. The summed E-state index contributed by atoms with van der Waals surface area (Å²) in [6.45, 7) is 2.84. The molecule has 0 heterocycles. The van der Waals surface area contributed by atoms with E-state index in [1.165, 1.54) is 19.9 Å². The molecular weight excluding hydrogens is 264 g/mol. The molecule has 7 heteroatoms. The van der Waals surface area contributed by atoms with Crippen LogP contribution in [0.3, 0.4) is 0 Å². The predicted molar refractivity (Wildman–Crippen MR) is 68.2 cm³/mol. The van der Waals surface area contributed by atoms with Crippen molar-refractivity contribution in [1.82, 2.24) is 0 Å². The number of non-ortho nitro benzene ring substituents is 1. The lowest BCUT2D eigenvalue weighted by atomic mass is 9.80. The van der Waals surface area contributed by atoms with Gasteiger partial charge in [-0.25, -0.2) is 0 Å². The summed E-state index contributed by atoms with van der Waals surface area (Å²) in [5, 5.41) is 28.5. The van der Waals surface area contributed by atoms with E-state index in [1.54, 1.807) is 6.07 Å². The van der Waals surface area contributed by atoms with Crippen molar-refractivity contribution in [2.75, 3.05) is 0 Å². The molecule has 0 atom stereocenters. The van der Waals surface area contributed by atoms with Gasteiger partial charge in [0, 0.05) is 23.1 Å². The minimum absolute atomic E-state index is 0.0148. The summed E-state index contributed by atoms with van der Waals surface area (Å²) < 4.78 is 0. The molecule has 0 aliphatic carbocycles. The average molecular weight is 276 g/mol. The maximum atomic E-state index is 12.3. The lowest BCUT2D eigenvalue weighted by Gasteiger charge is -2.21. The molecule has 0 amide bonds. The molecule has 0 saturated heterocycles. The van der Waals surface area contributed by atoms with Crippen molar-refractivity contribution in [2.24, 2.45) is 5.41 Å². The van der Waals surface area contributed by atoms with Crippen molar-refractivity contribution in [2.45, 2.75) is 20.3 Å². The number of aliphatic carboxylic acids is 1. The number of carboxylic acids is 1. The second-order valence-electron chi connectivity index (χ2n) is 4.88. The fraction of sp³-hybridized carbons (Fsp3) is 0.308. The van der Waals surface area contributed by atoms with E-state index in [9.17, 15) is 19.7 Å². The topological polar surface area (TPSA) is 121 Å². The van der Waals surface area contributed by atoms with Crippen LogP contribution < -0.4 is 0 Å². The van der Waals surface area contributed by atoms with Crippen molar-refractivity contribution in [3.63, 3.8) is 0 Å². The van der Waals surface area contributed by atoms with Crippen LogP contribution in [0.1, 0.15) is 36.2 Å². The Labute approximate surface area is 114 Å². The number of Topliss-reactive ketones (excluding diaryl/α,β-unsaturated/α-hetero) is 1. The summed E-state index contributed by atoms with van der Waals surface area (Å²) in [5.41, 5.74) is -1.72. The number of nitrogens with zero attached hydrogens (tertiary/aromatic N) is 2. The largest absolute Gasteiger partial charge is 0.481 e. The summed E-state index contributed by atoms with van der Waals surface area (Å²) in [5.74, 6) is -1.77. The third-order valence-corrected chi connectivity index (χ3v) is 2.79. The Kier molecular flexibility index (Phi) is 4.20. The van der Waals surface area contributed by atoms with Crippen LogP contribution in [0, 0.1) is 26.9 Å². The number of nitro benzene ring substituents is 1. The molecule has 104 valence electrons. The Morgan fingerprint density at radius 3 is 2.50 bits per heavy atom. The number of rotatable bonds is 5. The van der Waals surface area contributed by atoms with Gasteiger partial charge in [-0.2, -0.15) is 5.26 Å². The predicted octanol–water partition coefficient (Wildman–Crippen LogP) is 2.15. The minimum Gasteiger partial charge on any atom is -0.481 e. The van der Waals surface area contributed by atoms with Gasteiger partial charge in [0.25, 0.3) is 5.69 Å². The fourth-order valence-electron chi connectivity index (χ4n) is 1.75. The molecule has 0 saturated carbocycles. The molecule has 7 nitrogen and oxygen atoms in total. The first kappa shape index (κ1) is 15.3. The quantitative estimate of drug-likeness (QED) is 0.499. The first-order valence-corrected chi connectivity index (χ1v) is 5.64. The molecule has 0 aromatic heterocycles. The van der Waals surface area contributed by atoms with Gasteiger partial charge in [0.05, 0.1) is 23.0 Å². The maximum absolute atomic E-state index is 12.3. The van der Waals surface area contributed by atoms with E-state index in [2.05, 4.69) is 0 Å². The Balaban J connectivity index is 3.34. The second-order valence-corrected chi connectivity index (χ2v) is 4.88. The zero-order valence-corrected chi connectivity index (χ0v) is 10.9. The van der Waals surface area contributed by atoms with Crippen molar-refractivity contribution >= 4 is 17.4 Å². The van der Waals surface area contributed by atoms with Crippen LogP contribution in [-0.4, -0.2) is 21.8 Å². The van der Waals surface area contributed by atoms with Crippen LogP contribution in [0.4, 0.5) is 5.69 Å². The number of ketones is 1. The van der Waals surface area contributed by atoms with E-state index in [-0.39, 0.29) is 16.8 Å². The van der Waals surface area contributed by atoms with Crippen molar-refractivity contribution in [3.05, 3.63) is 39.4 Å². The molecule has 0 aliphatic rings. The average Bonchev–Trinajstić information content (AvgIpc) is 2.35. The molecule has 1 aromatic carbocycles. The number of nitro groups is 1. The highest BCUT2D eigenvalue weighted by Gasteiger charge is 2.33. The molecule has 0 radical (unpaired) electrons. The number of carboxylic acid groups (broad SMARTS) is 1. The van der Waals surface area contributed by atoms with Gasteiger partial charge >= 0.3 is 5.97 Å². The Hall–Kier alpha value is -2.75. The summed E-state index contributed by atoms with van der Waals surface area (Å²) in [6, 6.07) is 5.09. The first-order valence-electron chi connectivity index (χ1n) is 5.64. The number of hydrogen-bond acceptors (Lipinski definition) is 5. The molecule has 0 aliphatic heterocycles. The highest BCUT2D eigenvalue weighted by atomic mass is 16.6. The van der Waals surface area contributed by atoms with Crippen LogP contribution in [0.5, 0.6) is 0 Å². The van der Waals surface area contributed by atoms with E-state index in [1.807, 2.05) is 0 Å². The third-order valence-electron chi connectivity index (χ3n) is 2.79. The minimum atomic E-state index is -1.26. The van der Waals surface area contributed by atoms with E-state index in [0.717, 1.165) is 12.1 Å². The molecule has 20 heavy (non-hydrogen) atoms. The third kappa shape index (κ3) is 3.17. The van der Waals surface area contributed by atoms with Gasteiger partial charge in [-0.1, -0.05) is 13.8 Å². The van der Waals surface area contributed by atoms with Crippen molar-refractivity contribution in [3.8, 4) is 6.07 Å². The number of hydrogen-bond donors (Lipinski definition) is 1. The Morgan fingerprint density at radius 2 is 2.05 bits per heavy atom. The van der Waals surface area contributed by atoms with Crippen molar-refractivity contribution < 1.29 is 19.6 Å². The molecule has 0 spiro atoms. The van der Waals surface area contributed by atoms with E-state index in [4.69, 9.17) is 10.4 Å². The number of benzene rings is 1. The lowest BCUT2D eigenvalue weighted by Crippen LogP contribution is -2.28. The van der Waals surface area contributed by atoms with Crippen LogP contribution in [0.15, 0.2) is 18.2 Å². The highest BCUT2D eigenvalue weighted by molar-refractivity contribution is 6.03. The first-order chi connectivity index (χ1) is 9.19. The molecule has 1 rings (SSSR count). The molecule has 0 fully saturated rings. The fourth-order valence-corrected chi connectivity index (χ4v) is 1.75. The van der Waals surface area contributed by atoms with Gasteiger partial charge in [0.1, 0.15) is 0 Å². The normalized spacial score (nSPS) is 10.7. The monoisotopic (exact) mass is 276 g/mol. The van der Waals surface area contributed by atoms with Crippen LogP contribution in [0.2, 0.25) is 0 Å². The van der Waals surface area contributed by atoms with E-state index in [0.29, 0.717) is 0 Å². The number of nitriles is 1. The van der Waals surface area contributed by atoms with Gasteiger partial charge in [-0.3, -0.25) is 19.7 Å². The molecule has 1 aromatic rings. The van der Waals surface area contributed by atoms with Crippen LogP contribution in [0.25, 0.3) is 0 Å². The molecular formula is C13H12N2O5. The lowest BCUT2D eigenvalue weighted by molar-refractivity contribution is -0.384. The summed E-state index contributed by atoms with van der Waals surface area (Å²) in [6.07, 6.45) is -0.431. The Bertz CT molecular complexity index is 628. The standard InChI is InChI=1S/C13H12N2O5/c1-13(2,6-11(16)17)12(18)10-5-9(15(19)20)4-3-8(10)7-14/h3-5H,6H2,1-2H3,(H,16,17). The SMILES string of the molecule is CC(C)(CC(=O)O)C(=O)c1cc([N+](=O)[O-])ccc1C#N. The van der Waals surface area contributed by atoms with E-state index >= 15 is 0 Å². The van der Waals surface area contributed by atoms with Crippen molar-refractivity contribution in [1.29, 1.82) is 5.26 Å². The number of carbonyl (C=O) groups is 2. The summed E-state index contributed by atoms with van der Waals surface area (Å²) >= 11 is 0. The van der Waals surface area contributed by atoms with Crippen LogP contribution >= 0.6 is 0 Å². The Morgan fingerprint density at radius 1 is 1.45 bits per heavy atom. The maximum Gasteiger partial charge on any atom is 0.304 e. The van der Waals surface area contributed by atoms with Gasteiger partial charge in [0.2, 0.25) is 0 Å². The summed E-state index contributed by atoms with van der Waals surface area (Å²) in [7, 11) is 0. The van der Waals surface area contributed by atoms with Gasteiger partial charge in [-0.05, 0) is 6.07 Å². The number of carbonyl (C=O) groups excluding carboxylic acids is 1.